The first-order chi connectivity index (χ1) is 34.7. The summed E-state index contributed by atoms with van der Waals surface area (Å²) >= 11 is 0. The van der Waals surface area contributed by atoms with Crippen LogP contribution in [0.1, 0.15) is 219 Å². The van der Waals surface area contributed by atoms with Crippen molar-refractivity contribution in [2.45, 2.75) is 231 Å². The molecule has 0 saturated carbocycles. The Morgan fingerprint density at radius 3 is 0.550 bits per heavy atom. The fourth-order valence-corrected chi connectivity index (χ4v) is 1.38. The van der Waals surface area contributed by atoms with Crippen LogP contribution < -0.4 is 41.0 Å². The van der Waals surface area contributed by atoms with Crippen molar-refractivity contribution >= 4 is 72.9 Å². The second-order valence-corrected chi connectivity index (χ2v) is 15.3. The Bertz CT molecular complexity index is 651. The molecule has 0 aromatic carbocycles. The van der Waals surface area contributed by atoms with E-state index >= 15 is 0 Å². The number of nitrogens with one attached hydrogen (secondary N) is 1. The van der Waals surface area contributed by atoms with E-state index in [1.165, 1.54) is 58.6 Å². The number of nitrogens with zero attached hydrogens (tertiary/aromatic N) is 1. The molecule has 514 valence electrons. The number of amides is 2. The highest BCUT2D eigenvalue weighted by Gasteiger charge is 2.28. The predicted octanol–water partition coefficient (Wildman–Crippen LogP) is 9.67. The first-order valence-electron chi connectivity index (χ1n) is 25.2. The van der Waals surface area contributed by atoms with Crippen molar-refractivity contribution in [1.29, 1.82) is 0 Å². The van der Waals surface area contributed by atoms with Crippen LogP contribution in [0.25, 0.3) is 0 Å². The van der Waals surface area contributed by atoms with E-state index in [1.807, 2.05) is 103 Å². The van der Waals surface area contributed by atoms with Crippen molar-refractivity contribution in [3.05, 3.63) is 0 Å². The lowest BCUT2D eigenvalue weighted by Gasteiger charge is -2.30. The molecular formula is C57H156N8O15. The minimum atomic E-state index is -0.359. The Morgan fingerprint density at radius 1 is 0.400 bits per heavy atom. The number of rotatable bonds is 8. The topological polar surface area (TPSA) is 501 Å². The zero-order valence-corrected chi connectivity index (χ0v) is 59.3. The maximum atomic E-state index is 11.6. The largest absolute Gasteiger partial charge is 0.412 e. The number of nitrogens with two attached hydrogens (primary N) is 3. The van der Waals surface area contributed by atoms with Crippen LogP contribution in [0.4, 0.5) is 0 Å². The Morgan fingerprint density at radius 2 is 0.500 bits per heavy atom. The third-order valence-corrected chi connectivity index (χ3v) is 5.88. The van der Waals surface area contributed by atoms with E-state index in [1.54, 1.807) is 27.9 Å². The van der Waals surface area contributed by atoms with Crippen molar-refractivity contribution in [2.24, 2.45) is 58.6 Å². The van der Waals surface area contributed by atoms with E-state index in [4.69, 9.17) is 48.3 Å². The van der Waals surface area contributed by atoms with Gasteiger partial charge in [0.15, 0.2) is 0 Å². The zero-order valence-electron chi connectivity index (χ0n) is 59.3. The first-order valence-corrected chi connectivity index (χ1v) is 25.2. The van der Waals surface area contributed by atoms with Gasteiger partial charge in [-0.3, -0.25) is 9.59 Å². The van der Waals surface area contributed by atoms with Gasteiger partial charge in [0.1, 0.15) is 67.1 Å². The van der Waals surface area contributed by atoms with Crippen LogP contribution >= 0.6 is 0 Å². The molecule has 0 aliphatic heterocycles. The van der Waals surface area contributed by atoms with E-state index in [0.29, 0.717) is 0 Å². The molecule has 0 saturated heterocycles. The summed E-state index contributed by atoms with van der Waals surface area (Å²) in [6.07, 6.45) is 5.93. The fourth-order valence-electron chi connectivity index (χ4n) is 1.38. The maximum absolute atomic E-state index is 11.6. The Kier molecular flexibility index (Phi) is 664. The summed E-state index contributed by atoms with van der Waals surface area (Å²) in [6.45, 7) is 74.5. The van der Waals surface area contributed by atoms with Crippen molar-refractivity contribution < 1.29 is 74.3 Å². The number of aliphatic hydroxyl groups excluding tert-OH is 1. The minimum absolute atomic E-state index is 0. The van der Waals surface area contributed by atoms with Gasteiger partial charge < -0.3 is 111 Å². The number of hydrogen-bond donors (Lipinski definition) is 8. The minimum Gasteiger partial charge on any atom is -0.412 e. The van der Waals surface area contributed by atoms with Gasteiger partial charge in [-0.05, 0) is 76.4 Å². The predicted molar refractivity (Wildman–Crippen MR) is 358 cm³/mol. The number of carbonyl (C=O) groups is 11. The van der Waals surface area contributed by atoms with Gasteiger partial charge in [0, 0.05) is 27.1 Å². The molecular weight excluding hydrogens is 1040 g/mol. The molecule has 0 aromatic heterocycles. The number of likely N-dealkylation sites (N-methyl/N-ethyl adjacent to an activating group) is 2. The smallest absolute Gasteiger partial charge is 0.242 e. The Labute approximate surface area is 499 Å². The third-order valence-electron chi connectivity index (χ3n) is 5.88. The highest BCUT2D eigenvalue weighted by atomic mass is 16.3. The SMILES string of the molecule is C=O.C=O.C=O.C=O.C=O.C=O.C=O.C=O.C=O.CC.CC.CC(C)C.CC(C)C.CC(C)O.CCC(C)C.CCC(C)C.CCC(C)C.CCC(C)C.CCC(C)C(C(=O)NC)N(C)C(C)=O.CN.CN.CN.N.N.N.O.O.O. The second kappa shape index (κ2) is 286. The van der Waals surface area contributed by atoms with Crippen LogP contribution in [-0.4, -0.2) is 147 Å². The molecule has 23 N–H and O–H groups in total. The molecule has 0 fully saturated rings. The molecule has 0 aliphatic rings. The average Bonchev–Trinajstić information content (AvgIpc) is 3.44. The molecule has 0 spiro atoms. The summed E-state index contributed by atoms with van der Waals surface area (Å²) in [7, 11) is 7.75. The van der Waals surface area contributed by atoms with Crippen LogP contribution in [0.15, 0.2) is 0 Å². The van der Waals surface area contributed by atoms with Gasteiger partial charge in [0.25, 0.3) is 0 Å². The molecule has 0 aliphatic carbocycles. The fraction of sp³-hybridized carbons (Fsp3) is 0.807. The van der Waals surface area contributed by atoms with Gasteiger partial charge in [0.2, 0.25) is 11.8 Å². The van der Waals surface area contributed by atoms with E-state index in [9.17, 15) is 9.59 Å². The van der Waals surface area contributed by atoms with Crippen LogP contribution in [0.3, 0.4) is 0 Å². The molecule has 2 atom stereocenters. The molecule has 23 heteroatoms. The normalized spacial score (nSPS) is 7.09. The van der Waals surface area contributed by atoms with Gasteiger partial charge in [-0.25, -0.2) is 0 Å². The van der Waals surface area contributed by atoms with E-state index in [-0.39, 0.29) is 64.8 Å². The summed E-state index contributed by atoms with van der Waals surface area (Å²) in [5.41, 5.74) is 13.5. The molecule has 0 radical (unpaired) electrons. The molecule has 2 amide bonds. The van der Waals surface area contributed by atoms with Crippen molar-refractivity contribution in [2.75, 3.05) is 35.2 Å². The van der Waals surface area contributed by atoms with Crippen molar-refractivity contribution in [3.63, 3.8) is 0 Å². The molecule has 0 bridgehead atoms. The number of aliphatic hydroxyl groups is 1. The van der Waals surface area contributed by atoms with E-state index in [2.05, 4.69) is 147 Å². The Hall–Kier alpha value is -4.43. The van der Waals surface area contributed by atoms with Crippen LogP contribution in [0.2, 0.25) is 0 Å². The van der Waals surface area contributed by atoms with Crippen LogP contribution in [0, 0.1) is 41.4 Å². The first kappa shape index (κ1) is 186. The monoisotopic (exact) mass is 1190 g/mol. The van der Waals surface area contributed by atoms with Gasteiger partial charge in [-0.2, -0.15) is 0 Å². The highest BCUT2D eigenvalue weighted by Crippen LogP contribution is 2.13. The zero-order chi connectivity index (χ0) is 67.2. The quantitative estimate of drug-likeness (QED) is 0.112. The van der Waals surface area contributed by atoms with Gasteiger partial charge in [-0.15, -0.1) is 0 Å². The average molecular weight is 1190 g/mol. The Balaban J connectivity index is -0.0000000142. The molecule has 0 heterocycles. The molecule has 0 aromatic rings. The summed E-state index contributed by atoms with van der Waals surface area (Å²) in [6, 6.07) is -0.359. The van der Waals surface area contributed by atoms with Gasteiger partial charge in [0.05, 0.1) is 0 Å². The molecule has 80 heavy (non-hydrogen) atoms. The van der Waals surface area contributed by atoms with Gasteiger partial charge in [-0.1, -0.05) is 198 Å². The molecule has 23 nitrogen and oxygen atoms in total. The third kappa shape index (κ3) is 697. The lowest BCUT2D eigenvalue weighted by atomic mass is 9.97. The molecule has 0 rings (SSSR count). The summed E-state index contributed by atoms with van der Waals surface area (Å²) in [5, 5.41) is 10.6. The van der Waals surface area contributed by atoms with E-state index < -0.39 is 0 Å². The van der Waals surface area contributed by atoms with Crippen molar-refractivity contribution in [3.8, 4) is 0 Å². The number of carbonyl (C=O) groups excluding carboxylic acids is 11. The van der Waals surface area contributed by atoms with Gasteiger partial charge >= 0.3 is 0 Å². The van der Waals surface area contributed by atoms with E-state index in [0.717, 1.165) is 41.9 Å². The second-order valence-electron chi connectivity index (χ2n) is 15.3. The van der Waals surface area contributed by atoms with Crippen molar-refractivity contribution in [1.82, 2.24) is 28.7 Å². The van der Waals surface area contributed by atoms with Crippen LogP contribution in [0.5, 0.6) is 0 Å². The van der Waals surface area contributed by atoms with Crippen LogP contribution in [-0.2, 0) is 52.7 Å². The number of hydrogen-bond acceptors (Lipinski definition) is 18. The maximum Gasteiger partial charge on any atom is 0.242 e. The molecule has 2 unspecified atom stereocenters. The lowest BCUT2D eigenvalue weighted by molar-refractivity contribution is -0.139. The summed E-state index contributed by atoms with van der Waals surface area (Å²) in [5.74, 6) is 5.19. The lowest BCUT2D eigenvalue weighted by Crippen LogP contribution is -2.49. The standard InChI is InChI=1S/C10H20N2O2.4C5H12.2C4H10.C3H8O.2C2H6.3CH5N.9CH2O.3H3N.3H2O/c1-6-7(2)9(10(14)11-4)12(5)8(3)13;4*1-4-5(2)3;2*1-4(2)3;1-3(2)4;14*1-2;;;;;;/h7,9H,6H2,1-5H3,(H,11,14);4*5H,4H2,1-3H3;2*4H,1-3H3;3-4H,1-2H3;2*1-2H3;3*2H2,1H3;9*1H2;3*1H3;3*1H2. The summed E-state index contributed by atoms with van der Waals surface area (Å²) < 4.78 is 0. The summed E-state index contributed by atoms with van der Waals surface area (Å²) in [4.78, 5) is 96.2. The highest BCUT2D eigenvalue weighted by molar-refractivity contribution is 5.86.